The van der Waals surface area contributed by atoms with Crippen LogP contribution in [0.15, 0.2) is 29.6 Å². The molecule has 0 spiro atoms. The van der Waals surface area contributed by atoms with Crippen molar-refractivity contribution in [1.82, 2.24) is 4.98 Å². The Bertz CT molecular complexity index is 545. The maximum absolute atomic E-state index is 12.3. The van der Waals surface area contributed by atoms with Gasteiger partial charge in [-0.3, -0.25) is 0 Å². The number of hydrogen-bond acceptors (Lipinski definition) is 4. The average Bonchev–Trinajstić information content (AvgIpc) is 2.87. The third kappa shape index (κ3) is 3.27. The van der Waals surface area contributed by atoms with Crippen LogP contribution in [0.3, 0.4) is 0 Å². The van der Waals surface area contributed by atoms with Crippen LogP contribution < -0.4 is 10.5 Å². The van der Waals surface area contributed by atoms with Gasteiger partial charge >= 0.3 is 6.61 Å². The molecular weight excluding hydrogens is 270 g/mol. The molecule has 0 aliphatic rings. The van der Waals surface area contributed by atoms with Crippen LogP contribution in [0.25, 0.3) is 11.3 Å². The largest absolute Gasteiger partial charge is 0.434 e. The van der Waals surface area contributed by atoms with Crippen molar-refractivity contribution >= 4 is 11.3 Å². The Morgan fingerprint density at radius 2 is 2.11 bits per heavy atom. The molecule has 0 saturated heterocycles. The third-order valence-electron chi connectivity index (χ3n) is 2.66. The Balaban J connectivity index is 2.33. The van der Waals surface area contributed by atoms with Crippen LogP contribution in [-0.2, 0) is 0 Å². The van der Waals surface area contributed by atoms with E-state index in [2.05, 4.69) is 9.72 Å². The van der Waals surface area contributed by atoms with Gasteiger partial charge < -0.3 is 10.5 Å². The number of para-hydroxylation sites is 1. The molecule has 0 fully saturated rings. The van der Waals surface area contributed by atoms with Crippen molar-refractivity contribution < 1.29 is 13.5 Å². The molecule has 0 aliphatic carbocycles. The predicted octanol–water partition coefficient (Wildman–Crippen LogP) is 3.82. The minimum Gasteiger partial charge on any atom is -0.434 e. The summed E-state index contributed by atoms with van der Waals surface area (Å²) in [5.74, 6) is 0.124. The van der Waals surface area contributed by atoms with E-state index in [4.69, 9.17) is 5.73 Å². The van der Waals surface area contributed by atoms with Crippen LogP contribution >= 0.6 is 11.3 Å². The number of benzene rings is 1. The molecule has 1 unspecified atom stereocenters. The van der Waals surface area contributed by atoms with E-state index in [1.807, 2.05) is 6.92 Å². The molecule has 1 heterocycles. The highest BCUT2D eigenvalue weighted by atomic mass is 32.1. The Kier molecular flexibility index (Phi) is 4.44. The van der Waals surface area contributed by atoms with Crippen molar-refractivity contribution in [3.05, 3.63) is 34.7 Å². The molecule has 102 valence electrons. The molecule has 2 N–H and O–H groups in total. The lowest BCUT2D eigenvalue weighted by molar-refractivity contribution is -0.0494. The molecule has 1 atom stereocenters. The second-order valence-electron chi connectivity index (χ2n) is 3.96. The quantitative estimate of drug-likeness (QED) is 0.908. The van der Waals surface area contributed by atoms with Gasteiger partial charge in [-0.2, -0.15) is 8.78 Å². The zero-order valence-corrected chi connectivity index (χ0v) is 11.2. The van der Waals surface area contributed by atoms with E-state index >= 15 is 0 Å². The molecule has 1 aromatic carbocycles. The van der Waals surface area contributed by atoms with Gasteiger partial charge in [0.15, 0.2) is 0 Å². The van der Waals surface area contributed by atoms with E-state index in [1.54, 1.807) is 23.6 Å². The first-order valence-electron chi connectivity index (χ1n) is 5.87. The van der Waals surface area contributed by atoms with Gasteiger partial charge in [-0.1, -0.05) is 19.1 Å². The van der Waals surface area contributed by atoms with Crippen molar-refractivity contribution in [2.45, 2.75) is 26.0 Å². The van der Waals surface area contributed by atoms with Gasteiger partial charge in [0.05, 0.1) is 11.7 Å². The fourth-order valence-electron chi connectivity index (χ4n) is 1.63. The molecule has 6 heteroatoms. The molecule has 0 bridgehead atoms. The molecule has 0 aliphatic heterocycles. The Labute approximate surface area is 114 Å². The molecule has 0 saturated carbocycles. The smallest absolute Gasteiger partial charge is 0.387 e. The second-order valence-corrected chi connectivity index (χ2v) is 4.85. The summed E-state index contributed by atoms with van der Waals surface area (Å²) in [6.45, 7) is -0.878. The molecule has 19 heavy (non-hydrogen) atoms. The summed E-state index contributed by atoms with van der Waals surface area (Å²) in [6, 6.07) is 6.48. The summed E-state index contributed by atoms with van der Waals surface area (Å²) in [5, 5.41) is 2.60. The third-order valence-corrected chi connectivity index (χ3v) is 3.63. The van der Waals surface area contributed by atoms with Crippen LogP contribution in [0.2, 0.25) is 0 Å². The minimum absolute atomic E-state index is 0.123. The van der Waals surface area contributed by atoms with Crippen LogP contribution in [0.4, 0.5) is 8.78 Å². The fraction of sp³-hybridized carbons (Fsp3) is 0.308. The van der Waals surface area contributed by atoms with Gasteiger partial charge in [-0.25, -0.2) is 4.98 Å². The summed E-state index contributed by atoms with van der Waals surface area (Å²) in [4.78, 5) is 4.39. The first-order valence-corrected chi connectivity index (χ1v) is 6.75. The van der Waals surface area contributed by atoms with E-state index in [9.17, 15) is 8.78 Å². The van der Waals surface area contributed by atoms with Crippen LogP contribution in [0.1, 0.15) is 24.4 Å². The van der Waals surface area contributed by atoms with Crippen molar-refractivity contribution in [3.8, 4) is 17.0 Å². The molecule has 2 rings (SSSR count). The number of alkyl halides is 2. The van der Waals surface area contributed by atoms with Crippen molar-refractivity contribution in [2.24, 2.45) is 5.73 Å². The Morgan fingerprint density at radius 3 is 2.79 bits per heavy atom. The van der Waals surface area contributed by atoms with E-state index < -0.39 is 6.61 Å². The summed E-state index contributed by atoms with van der Waals surface area (Å²) >= 11 is 1.43. The summed E-state index contributed by atoms with van der Waals surface area (Å²) in [5.41, 5.74) is 7.06. The van der Waals surface area contributed by atoms with Crippen LogP contribution in [0, 0.1) is 0 Å². The van der Waals surface area contributed by atoms with Crippen molar-refractivity contribution in [3.63, 3.8) is 0 Å². The zero-order chi connectivity index (χ0) is 13.8. The highest BCUT2D eigenvalue weighted by Gasteiger charge is 2.15. The fourth-order valence-corrected chi connectivity index (χ4v) is 2.54. The second kappa shape index (κ2) is 6.08. The first kappa shape index (κ1) is 13.9. The number of nitrogens with zero attached hydrogens (tertiary/aromatic N) is 1. The number of thiazole rings is 1. The predicted molar refractivity (Wildman–Crippen MR) is 71.4 cm³/mol. The molecule has 0 radical (unpaired) electrons. The number of rotatable bonds is 5. The maximum Gasteiger partial charge on any atom is 0.387 e. The Morgan fingerprint density at radius 1 is 1.37 bits per heavy atom. The highest BCUT2D eigenvalue weighted by Crippen LogP contribution is 2.32. The molecule has 3 nitrogen and oxygen atoms in total. The maximum atomic E-state index is 12.3. The van der Waals surface area contributed by atoms with Gasteiger partial charge in [-0.05, 0) is 18.6 Å². The SMILES string of the molecule is CCC(N)c1nc(-c2ccccc2OC(F)F)cs1. The standard InChI is InChI=1S/C13H14F2N2OS/c1-2-9(16)12-17-10(7-19-12)8-5-3-4-6-11(8)18-13(14)15/h3-7,9,13H,2,16H2,1H3. The summed E-state index contributed by atoms with van der Waals surface area (Å²) < 4.78 is 29.2. The summed E-state index contributed by atoms with van der Waals surface area (Å²) in [7, 11) is 0. The lowest BCUT2D eigenvalue weighted by Crippen LogP contribution is -2.08. The zero-order valence-electron chi connectivity index (χ0n) is 10.3. The number of ether oxygens (including phenoxy) is 1. The molecule has 2 aromatic rings. The lowest BCUT2D eigenvalue weighted by atomic mass is 10.1. The highest BCUT2D eigenvalue weighted by molar-refractivity contribution is 7.10. The van der Waals surface area contributed by atoms with E-state index in [-0.39, 0.29) is 11.8 Å². The van der Waals surface area contributed by atoms with Gasteiger partial charge in [0.1, 0.15) is 10.8 Å². The minimum atomic E-state index is -2.85. The average molecular weight is 284 g/mol. The number of hydrogen-bond donors (Lipinski definition) is 1. The van der Waals surface area contributed by atoms with E-state index in [0.717, 1.165) is 11.4 Å². The van der Waals surface area contributed by atoms with Crippen LogP contribution in [0.5, 0.6) is 5.75 Å². The first-order chi connectivity index (χ1) is 9.11. The van der Waals surface area contributed by atoms with Gasteiger partial charge in [-0.15, -0.1) is 11.3 Å². The van der Waals surface area contributed by atoms with Gasteiger partial charge in [0.25, 0.3) is 0 Å². The van der Waals surface area contributed by atoms with Gasteiger partial charge in [0.2, 0.25) is 0 Å². The number of aromatic nitrogens is 1. The summed E-state index contributed by atoms with van der Waals surface area (Å²) in [6.07, 6.45) is 0.780. The number of halogens is 2. The van der Waals surface area contributed by atoms with E-state index in [1.165, 1.54) is 17.4 Å². The Hall–Kier alpha value is -1.53. The monoisotopic (exact) mass is 284 g/mol. The lowest BCUT2D eigenvalue weighted by Gasteiger charge is -2.08. The molecular formula is C13H14F2N2OS. The number of nitrogens with two attached hydrogens (primary N) is 1. The van der Waals surface area contributed by atoms with Crippen LogP contribution in [-0.4, -0.2) is 11.6 Å². The van der Waals surface area contributed by atoms with Gasteiger partial charge in [0, 0.05) is 10.9 Å². The molecule has 1 aromatic heterocycles. The topological polar surface area (TPSA) is 48.1 Å². The van der Waals surface area contributed by atoms with Crippen molar-refractivity contribution in [1.29, 1.82) is 0 Å². The molecule has 0 amide bonds. The van der Waals surface area contributed by atoms with E-state index in [0.29, 0.717) is 11.3 Å². The van der Waals surface area contributed by atoms with Crippen molar-refractivity contribution in [2.75, 3.05) is 0 Å². The normalized spacial score (nSPS) is 12.7.